The summed E-state index contributed by atoms with van der Waals surface area (Å²) in [5, 5.41) is 0. The Morgan fingerprint density at radius 1 is 1.50 bits per heavy atom. The Bertz CT molecular complexity index is 188. The first-order chi connectivity index (χ1) is 7.61. The summed E-state index contributed by atoms with van der Waals surface area (Å²) < 4.78 is 10.5. The Morgan fingerprint density at radius 3 is 2.75 bits per heavy atom. The van der Waals surface area contributed by atoms with Gasteiger partial charge in [0.1, 0.15) is 6.61 Å². The zero-order valence-electron chi connectivity index (χ0n) is 10.6. The fourth-order valence-electron chi connectivity index (χ4n) is 1.11. The molecule has 0 spiro atoms. The monoisotopic (exact) mass is 232 g/mol. The van der Waals surface area contributed by atoms with E-state index in [0.717, 1.165) is 6.42 Å². The maximum atomic E-state index is 11.5. The van der Waals surface area contributed by atoms with Gasteiger partial charge in [0, 0.05) is 20.2 Å². The lowest BCUT2D eigenvalue weighted by Crippen LogP contribution is -2.33. The van der Waals surface area contributed by atoms with Crippen LogP contribution in [0.2, 0.25) is 0 Å². The fourth-order valence-corrected chi connectivity index (χ4v) is 1.11. The molecular formula is C11H24N2O3. The second kappa shape index (κ2) is 9.57. The van der Waals surface area contributed by atoms with Crippen LogP contribution in [0, 0.1) is 0 Å². The molecule has 96 valence electrons. The first-order valence-electron chi connectivity index (χ1n) is 5.75. The lowest BCUT2D eigenvalue weighted by atomic mass is 10.4. The Kier molecular flexibility index (Phi) is 9.18. The van der Waals surface area contributed by atoms with E-state index in [2.05, 4.69) is 0 Å². The van der Waals surface area contributed by atoms with E-state index < -0.39 is 0 Å². The highest BCUT2D eigenvalue weighted by Crippen LogP contribution is 1.95. The van der Waals surface area contributed by atoms with E-state index in [1.54, 1.807) is 11.9 Å². The first kappa shape index (κ1) is 15.3. The fraction of sp³-hybridized carbons (Fsp3) is 0.909. The molecule has 0 rings (SSSR count). The highest BCUT2D eigenvalue weighted by Gasteiger charge is 2.10. The zero-order valence-corrected chi connectivity index (χ0v) is 10.6. The summed E-state index contributed by atoms with van der Waals surface area (Å²) in [6, 6.07) is 0. The van der Waals surface area contributed by atoms with Crippen LogP contribution in [0.4, 0.5) is 0 Å². The number of amides is 1. The summed E-state index contributed by atoms with van der Waals surface area (Å²) in [6.07, 6.45) is 0.767. The molecule has 0 radical (unpaired) electrons. The second-order valence-electron chi connectivity index (χ2n) is 3.74. The number of nitrogens with two attached hydrogens (primary N) is 1. The molecule has 0 aliphatic carbocycles. The molecule has 0 saturated carbocycles. The van der Waals surface area contributed by atoms with Crippen LogP contribution in [0.5, 0.6) is 0 Å². The molecular weight excluding hydrogens is 208 g/mol. The number of hydrogen-bond donors (Lipinski definition) is 1. The van der Waals surface area contributed by atoms with Crippen molar-refractivity contribution >= 4 is 5.91 Å². The molecule has 1 unspecified atom stereocenters. The first-order valence-corrected chi connectivity index (χ1v) is 5.75. The minimum absolute atomic E-state index is 0.0169. The van der Waals surface area contributed by atoms with Crippen LogP contribution in [0.1, 0.15) is 20.3 Å². The highest BCUT2D eigenvalue weighted by molar-refractivity contribution is 5.77. The van der Waals surface area contributed by atoms with Crippen molar-refractivity contribution in [2.24, 2.45) is 5.73 Å². The van der Waals surface area contributed by atoms with E-state index in [1.165, 1.54) is 0 Å². The van der Waals surface area contributed by atoms with Gasteiger partial charge in [0.25, 0.3) is 0 Å². The molecule has 0 aromatic rings. The number of ether oxygens (including phenoxy) is 2. The minimum atomic E-state index is -0.0493. The van der Waals surface area contributed by atoms with Gasteiger partial charge >= 0.3 is 0 Å². The number of carbonyl (C=O) groups excluding carboxylic acids is 1. The number of likely N-dealkylation sites (N-methyl/N-ethyl adjacent to an activating group) is 1. The second-order valence-corrected chi connectivity index (χ2v) is 3.74. The van der Waals surface area contributed by atoms with Crippen LogP contribution in [-0.2, 0) is 14.3 Å². The normalized spacial score (nSPS) is 12.5. The van der Waals surface area contributed by atoms with Gasteiger partial charge in [-0.2, -0.15) is 0 Å². The Hall–Kier alpha value is -0.650. The summed E-state index contributed by atoms with van der Waals surface area (Å²) in [5.41, 5.74) is 5.37. The van der Waals surface area contributed by atoms with Crippen molar-refractivity contribution in [3.63, 3.8) is 0 Å². The molecule has 0 bridgehead atoms. The molecule has 5 heteroatoms. The van der Waals surface area contributed by atoms with E-state index in [-0.39, 0.29) is 18.6 Å². The van der Waals surface area contributed by atoms with E-state index in [0.29, 0.717) is 26.3 Å². The molecule has 0 heterocycles. The van der Waals surface area contributed by atoms with Gasteiger partial charge in [-0.25, -0.2) is 0 Å². The molecule has 5 nitrogen and oxygen atoms in total. The average Bonchev–Trinajstić information content (AvgIpc) is 2.30. The van der Waals surface area contributed by atoms with E-state index in [9.17, 15) is 4.79 Å². The summed E-state index contributed by atoms with van der Waals surface area (Å²) in [6.45, 7) is 6.39. The van der Waals surface area contributed by atoms with Gasteiger partial charge in [0.15, 0.2) is 0 Å². The maximum Gasteiger partial charge on any atom is 0.248 e. The quantitative estimate of drug-likeness (QED) is 0.618. The van der Waals surface area contributed by atoms with Crippen molar-refractivity contribution in [3.8, 4) is 0 Å². The molecule has 0 saturated heterocycles. The Morgan fingerprint density at radius 2 is 2.19 bits per heavy atom. The molecule has 0 aromatic carbocycles. The number of hydrogen-bond acceptors (Lipinski definition) is 4. The predicted molar refractivity (Wildman–Crippen MR) is 63.2 cm³/mol. The summed E-state index contributed by atoms with van der Waals surface area (Å²) in [4.78, 5) is 13.2. The van der Waals surface area contributed by atoms with Gasteiger partial charge in [-0.05, 0) is 26.8 Å². The van der Waals surface area contributed by atoms with Gasteiger partial charge < -0.3 is 20.1 Å². The maximum absolute atomic E-state index is 11.5. The van der Waals surface area contributed by atoms with Gasteiger partial charge in [-0.15, -0.1) is 0 Å². The van der Waals surface area contributed by atoms with Crippen LogP contribution in [0.25, 0.3) is 0 Å². The van der Waals surface area contributed by atoms with Gasteiger partial charge in [0.2, 0.25) is 5.91 Å². The van der Waals surface area contributed by atoms with Crippen molar-refractivity contribution in [1.82, 2.24) is 4.90 Å². The van der Waals surface area contributed by atoms with Crippen molar-refractivity contribution < 1.29 is 14.3 Å². The van der Waals surface area contributed by atoms with E-state index >= 15 is 0 Å². The molecule has 0 aliphatic heterocycles. The van der Waals surface area contributed by atoms with Crippen LogP contribution in [-0.4, -0.2) is 56.9 Å². The zero-order chi connectivity index (χ0) is 12.4. The number of rotatable bonds is 9. The number of carbonyl (C=O) groups is 1. The predicted octanol–water partition coefficient (Wildman–Crippen LogP) is 0.235. The molecule has 0 aliphatic rings. The van der Waals surface area contributed by atoms with E-state index in [4.69, 9.17) is 15.2 Å². The van der Waals surface area contributed by atoms with Crippen LogP contribution in [0.3, 0.4) is 0 Å². The standard InChI is InChI=1S/C11H24N2O3/c1-4-15-8-10(2)16-9-11(14)13(3)7-5-6-12/h10H,4-9,12H2,1-3H3. The molecule has 1 amide bonds. The topological polar surface area (TPSA) is 64.8 Å². The van der Waals surface area contributed by atoms with Gasteiger partial charge in [-0.3, -0.25) is 4.79 Å². The lowest BCUT2D eigenvalue weighted by molar-refractivity contribution is -0.137. The molecule has 2 N–H and O–H groups in total. The average molecular weight is 232 g/mol. The van der Waals surface area contributed by atoms with Crippen molar-refractivity contribution in [3.05, 3.63) is 0 Å². The van der Waals surface area contributed by atoms with Crippen LogP contribution < -0.4 is 5.73 Å². The van der Waals surface area contributed by atoms with Crippen LogP contribution in [0.15, 0.2) is 0 Å². The summed E-state index contributed by atoms with van der Waals surface area (Å²) in [7, 11) is 1.76. The summed E-state index contributed by atoms with van der Waals surface area (Å²) in [5.74, 6) is -0.0169. The van der Waals surface area contributed by atoms with Crippen molar-refractivity contribution in [1.29, 1.82) is 0 Å². The van der Waals surface area contributed by atoms with Crippen molar-refractivity contribution in [2.75, 3.05) is 40.0 Å². The Balaban J connectivity index is 3.62. The SMILES string of the molecule is CCOCC(C)OCC(=O)N(C)CCCN. The molecule has 16 heavy (non-hydrogen) atoms. The van der Waals surface area contributed by atoms with Crippen molar-refractivity contribution in [2.45, 2.75) is 26.4 Å². The summed E-state index contributed by atoms with van der Waals surface area (Å²) >= 11 is 0. The van der Waals surface area contributed by atoms with Crippen LogP contribution >= 0.6 is 0 Å². The van der Waals surface area contributed by atoms with E-state index in [1.807, 2.05) is 13.8 Å². The largest absolute Gasteiger partial charge is 0.379 e. The minimum Gasteiger partial charge on any atom is -0.379 e. The molecule has 1 atom stereocenters. The third-order valence-corrected chi connectivity index (χ3v) is 2.17. The smallest absolute Gasteiger partial charge is 0.248 e. The van der Waals surface area contributed by atoms with Gasteiger partial charge in [0.05, 0.1) is 12.7 Å². The third kappa shape index (κ3) is 7.62. The third-order valence-electron chi connectivity index (χ3n) is 2.17. The highest BCUT2D eigenvalue weighted by atomic mass is 16.5. The van der Waals surface area contributed by atoms with Gasteiger partial charge in [-0.1, -0.05) is 0 Å². The Labute approximate surface area is 97.9 Å². The molecule has 0 fully saturated rings. The number of nitrogens with zero attached hydrogens (tertiary/aromatic N) is 1. The molecule has 0 aromatic heterocycles. The lowest BCUT2D eigenvalue weighted by Gasteiger charge is -2.18.